The molecule has 9 nitrogen and oxygen atoms in total. The number of carbonyl (C=O) groups is 1. The molecule has 1 amide bonds. The Morgan fingerprint density at radius 2 is 2.15 bits per heavy atom. The number of amides is 1. The Bertz CT molecular complexity index is 884. The van der Waals surface area contributed by atoms with Gasteiger partial charge in [-0.1, -0.05) is 26.3 Å². The van der Waals surface area contributed by atoms with E-state index in [1.807, 2.05) is 13.8 Å². The Hall–Kier alpha value is -2.49. The van der Waals surface area contributed by atoms with Crippen LogP contribution in [-0.4, -0.2) is 46.8 Å². The molecule has 1 N–H and O–H groups in total. The van der Waals surface area contributed by atoms with Gasteiger partial charge in [-0.3, -0.25) is 9.10 Å². The van der Waals surface area contributed by atoms with E-state index in [9.17, 15) is 13.2 Å². The maximum atomic E-state index is 12.9. The standard InChI is InChI=1S/C17H24N6O3S/c1-3-13(2)16(22-12-18-20-21-22)17(24)19-14-7-6-8-15(11-14)23-9-4-5-10-27(23,25)26/h6-8,11-13,16H,3-5,9-10H2,1-2H3,(H,19,24). The van der Waals surface area contributed by atoms with Crippen LogP contribution < -0.4 is 9.62 Å². The fraction of sp³-hybridized carbons (Fsp3) is 0.529. The first-order chi connectivity index (χ1) is 12.9. The SMILES string of the molecule is CCC(C)C(C(=O)Nc1cccc(N2CCCCS2(=O)=O)c1)n1cnnn1. The van der Waals surface area contributed by atoms with Gasteiger partial charge in [0.25, 0.3) is 0 Å². The van der Waals surface area contributed by atoms with Crippen LogP contribution in [0.25, 0.3) is 0 Å². The van der Waals surface area contributed by atoms with Gasteiger partial charge in [0.05, 0.1) is 11.4 Å². The monoisotopic (exact) mass is 392 g/mol. The second-order valence-electron chi connectivity index (χ2n) is 6.76. The molecule has 1 aromatic carbocycles. The van der Waals surface area contributed by atoms with Crippen LogP contribution in [0.3, 0.4) is 0 Å². The number of nitrogens with zero attached hydrogens (tertiary/aromatic N) is 5. The molecule has 146 valence electrons. The molecular formula is C17H24N6O3S. The van der Waals surface area contributed by atoms with E-state index in [4.69, 9.17) is 0 Å². The van der Waals surface area contributed by atoms with Gasteiger partial charge in [0, 0.05) is 12.2 Å². The molecule has 0 spiro atoms. The Kier molecular flexibility index (Phi) is 5.73. The van der Waals surface area contributed by atoms with E-state index in [0.29, 0.717) is 24.3 Å². The molecule has 0 bridgehead atoms. The number of nitrogens with one attached hydrogen (secondary N) is 1. The summed E-state index contributed by atoms with van der Waals surface area (Å²) in [6.45, 7) is 4.42. The molecule has 1 saturated heterocycles. The first-order valence-corrected chi connectivity index (χ1v) is 10.7. The third kappa shape index (κ3) is 4.26. The van der Waals surface area contributed by atoms with E-state index >= 15 is 0 Å². The maximum Gasteiger partial charge on any atom is 0.249 e. The van der Waals surface area contributed by atoms with Crippen molar-refractivity contribution in [2.75, 3.05) is 21.9 Å². The predicted molar refractivity (Wildman–Crippen MR) is 102 cm³/mol. The zero-order valence-electron chi connectivity index (χ0n) is 15.4. The third-order valence-corrected chi connectivity index (χ3v) is 6.72. The number of rotatable bonds is 6. The molecule has 0 radical (unpaired) electrons. The third-order valence-electron chi connectivity index (χ3n) is 4.85. The normalized spacial score (nSPS) is 18.7. The van der Waals surface area contributed by atoms with Crippen LogP contribution in [0.5, 0.6) is 0 Å². The van der Waals surface area contributed by atoms with Crippen molar-refractivity contribution in [1.29, 1.82) is 0 Å². The van der Waals surface area contributed by atoms with Crippen molar-refractivity contribution in [2.45, 2.75) is 39.2 Å². The fourth-order valence-electron chi connectivity index (χ4n) is 3.19. The summed E-state index contributed by atoms with van der Waals surface area (Å²) < 4.78 is 27.5. The van der Waals surface area contributed by atoms with Crippen molar-refractivity contribution >= 4 is 27.3 Å². The molecule has 1 fully saturated rings. The molecule has 10 heteroatoms. The van der Waals surface area contributed by atoms with Crippen LogP contribution in [0.1, 0.15) is 39.2 Å². The van der Waals surface area contributed by atoms with Crippen molar-refractivity contribution in [3.05, 3.63) is 30.6 Å². The van der Waals surface area contributed by atoms with Crippen molar-refractivity contribution < 1.29 is 13.2 Å². The predicted octanol–water partition coefficient (Wildman–Crippen LogP) is 1.83. The number of hydrogen-bond acceptors (Lipinski definition) is 6. The lowest BCUT2D eigenvalue weighted by Gasteiger charge is -2.28. The lowest BCUT2D eigenvalue weighted by atomic mass is 9.98. The molecule has 2 unspecified atom stereocenters. The number of carbonyl (C=O) groups excluding carboxylic acids is 1. The second-order valence-corrected chi connectivity index (χ2v) is 8.77. The summed E-state index contributed by atoms with van der Waals surface area (Å²) in [5.74, 6) is -0.0617. The van der Waals surface area contributed by atoms with Gasteiger partial charge in [0.15, 0.2) is 0 Å². The van der Waals surface area contributed by atoms with Crippen LogP contribution in [0, 0.1) is 5.92 Å². The van der Waals surface area contributed by atoms with Gasteiger partial charge in [0.2, 0.25) is 15.9 Å². The van der Waals surface area contributed by atoms with E-state index in [0.717, 1.165) is 12.8 Å². The molecule has 1 aromatic heterocycles. The molecule has 2 heterocycles. The van der Waals surface area contributed by atoms with Crippen molar-refractivity contribution in [1.82, 2.24) is 20.2 Å². The topological polar surface area (TPSA) is 110 Å². The summed E-state index contributed by atoms with van der Waals surface area (Å²) in [5, 5.41) is 14.0. The Balaban J connectivity index is 1.82. The zero-order valence-corrected chi connectivity index (χ0v) is 16.3. The van der Waals surface area contributed by atoms with Gasteiger partial charge in [0.1, 0.15) is 12.4 Å². The summed E-state index contributed by atoms with van der Waals surface area (Å²) >= 11 is 0. The van der Waals surface area contributed by atoms with E-state index in [1.54, 1.807) is 24.3 Å². The summed E-state index contributed by atoms with van der Waals surface area (Å²) in [5.41, 5.74) is 1.11. The van der Waals surface area contributed by atoms with Gasteiger partial charge >= 0.3 is 0 Å². The Morgan fingerprint density at radius 1 is 1.33 bits per heavy atom. The highest BCUT2D eigenvalue weighted by molar-refractivity contribution is 7.92. The summed E-state index contributed by atoms with van der Waals surface area (Å²) in [6.07, 6.45) is 3.71. The average Bonchev–Trinajstić information content (AvgIpc) is 3.15. The van der Waals surface area contributed by atoms with Crippen molar-refractivity contribution in [2.24, 2.45) is 5.92 Å². The number of sulfonamides is 1. The van der Waals surface area contributed by atoms with E-state index in [1.165, 1.54) is 15.3 Å². The number of anilines is 2. The molecule has 1 aliphatic heterocycles. The fourth-order valence-corrected chi connectivity index (χ4v) is 4.82. The molecular weight excluding hydrogens is 368 g/mol. The Morgan fingerprint density at radius 3 is 2.81 bits per heavy atom. The molecule has 0 aliphatic carbocycles. The quantitative estimate of drug-likeness (QED) is 0.803. The maximum absolute atomic E-state index is 12.9. The van der Waals surface area contributed by atoms with Crippen LogP contribution in [0.2, 0.25) is 0 Å². The number of aromatic nitrogens is 4. The molecule has 2 aromatic rings. The van der Waals surface area contributed by atoms with Crippen LogP contribution in [0.4, 0.5) is 11.4 Å². The van der Waals surface area contributed by atoms with Gasteiger partial charge in [-0.25, -0.2) is 13.1 Å². The minimum atomic E-state index is -3.30. The molecule has 27 heavy (non-hydrogen) atoms. The largest absolute Gasteiger partial charge is 0.324 e. The minimum absolute atomic E-state index is 0.0270. The summed E-state index contributed by atoms with van der Waals surface area (Å²) in [6, 6.07) is 6.36. The smallest absolute Gasteiger partial charge is 0.249 e. The van der Waals surface area contributed by atoms with Gasteiger partial charge in [-0.2, -0.15) is 0 Å². The van der Waals surface area contributed by atoms with Gasteiger partial charge in [-0.15, -0.1) is 5.10 Å². The summed E-state index contributed by atoms with van der Waals surface area (Å²) in [4.78, 5) is 12.9. The van der Waals surface area contributed by atoms with Crippen molar-refractivity contribution in [3.63, 3.8) is 0 Å². The van der Waals surface area contributed by atoms with E-state index < -0.39 is 16.1 Å². The molecule has 3 rings (SSSR count). The second kappa shape index (κ2) is 8.03. The van der Waals surface area contributed by atoms with Crippen molar-refractivity contribution in [3.8, 4) is 0 Å². The van der Waals surface area contributed by atoms with Gasteiger partial charge < -0.3 is 5.32 Å². The zero-order chi connectivity index (χ0) is 19.4. The highest BCUT2D eigenvalue weighted by atomic mass is 32.2. The summed E-state index contributed by atoms with van der Waals surface area (Å²) in [7, 11) is -3.30. The number of hydrogen-bond donors (Lipinski definition) is 1. The lowest BCUT2D eigenvalue weighted by molar-refractivity contribution is -0.121. The van der Waals surface area contributed by atoms with E-state index in [2.05, 4.69) is 20.8 Å². The number of tetrazole rings is 1. The minimum Gasteiger partial charge on any atom is -0.324 e. The molecule has 2 atom stereocenters. The van der Waals surface area contributed by atoms with E-state index in [-0.39, 0.29) is 17.6 Å². The van der Waals surface area contributed by atoms with Crippen LogP contribution in [0.15, 0.2) is 30.6 Å². The average molecular weight is 392 g/mol. The van der Waals surface area contributed by atoms with Crippen LogP contribution in [-0.2, 0) is 14.8 Å². The molecule has 0 saturated carbocycles. The highest BCUT2D eigenvalue weighted by Gasteiger charge is 2.28. The van der Waals surface area contributed by atoms with Gasteiger partial charge in [-0.05, 0) is 47.4 Å². The first kappa shape index (κ1) is 19.3. The highest BCUT2D eigenvalue weighted by Crippen LogP contribution is 2.27. The number of benzene rings is 1. The first-order valence-electron chi connectivity index (χ1n) is 9.06. The lowest BCUT2D eigenvalue weighted by Crippen LogP contribution is -2.37. The molecule has 1 aliphatic rings. The Labute approximate surface area is 158 Å². The van der Waals surface area contributed by atoms with Crippen LogP contribution >= 0.6 is 0 Å².